The van der Waals surface area contributed by atoms with Crippen molar-refractivity contribution in [1.82, 2.24) is 19.3 Å². The normalized spacial score (nSPS) is 10.8. The number of ether oxygens (including phenoxy) is 1. The lowest BCUT2D eigenvalue weighted by Gasteiger charge is -2.10. The number of nitrogens with zero attached hydrogens (tertiary/aromatic N) is 4. The summed E-state index contributed by atoms with van der Waals surface area (Å²) in [6.07, 6.45) is 0. The molecule has 0 atom stereocenters. The largest absolute Gasteiger partial charge is 0.496 e. The second-order valence-electron chi connectivity index (χ2n) is 5.75. The summed E-state index contributed by atoms with van der Waals surface area (Å²) in [5, 5.41) is 8.00. The Kier molecular flexibility index (Phi) is 5.36. The second-order valence-corrected chi connectivity index (χ2v) is 6.68. The van der Waals surface area contributed by atoms with Crippen molar-refractivity contribution in [1.29, 1.82) is 0 Å². The number of anilines is 1. The number of methoxy groups -OCH3 is 1. The van der Waals surface area contributed by atoms with Crippen LogP contribution in [0.2, 0.25) is 0 Å². The Morgan fingerprint density at radius 1 is 1.21 bits per heavy atom. The predicted octanol–water partition coefficient (Wildman–Crippen LogP) is 0.700. The molecule has 0 bridgehead atoms. The van der Waals surface area contributed by atoms with Gasteiger partial charge in [-0.05, 0) is 12.1 Å². The Balaban J connectivity index is 1.81. The van der Waals surface area contributed by atoms with E-state index in [1.54, 1.807) is 18.2 Å². The standard InChI is InChI=1S/C17H17N5O5S/c1-21-13(18)12(15(24)22(2)17(21)25)10(23)8-28-16-20-19-14(27-16)9-6-4-5-7-11(9)26-3/h4-7H,8,18H2,1-3H3. The highest BCUT2D eigenvalue weighted by molar-refractivity contribution is 7.99. The first-order chi connectivity index (χ1) is 13.3. The van der Waals surface area contributed by atoms with Gasteiger partial charge in [0.05, 0.1) is 18.4 Å². The quantitative estimate of drug-likeness (QED) is 0.466. The smallest absolute Gasteiger partial charge is 0.332 e. The molecule has 2 aromatic heterocycles. The minimum Gasteiger partial charge on any atom is -0.496 e. The van der Waals surface area contributed by atoms with E-state index in [2.05, 4.69) is 10.2 Å². The lowest BCUT2D eigenvalue weighted by atomic mass is 10.2. The molecule has 0 radical (unpaired) electrons. The number of hydrogen-bond donors (Lipinski definition) is 1. The Labute approximate surface area is 162 Å². The lowest BCUT2D eigenvalue weighted by molar-refractivity contribution is 0.102. The summed E-state index contributed by atoms with van der Waals surface area (Å²) >= 11 is 0.964. The summed E-state index contributed by atoms with van der Waals surface area (Å²) < 4.78 is 12.7. The van der Waals surface area contributed by atoms with Gasteiger partial charge in [-0.2, -0.15) is 0 Å². The Bertz CT molecular complexity index is 1160. The topological polar surface area (TPSA) is 135 Å². The molecule has 2 heterocycles. The summed E-state index contributed by atoms with van der Waals surface area (Å²) in [5.41, 5.74) is 4.81. The number of aromatic nitrogens is 4. The maximum atomic E-state index is 12.5. The molecule has 0 aliphatic heterocycles. The molecule has 0 unspecified atom stereocenters. The van der Waals surface area contributed by atoms with Crippen LogP contribution >= 0.6 is 11.8 Å². The third-order valence-corrected chi connectivity index (χ3v) is 4.88. The van der Waals surface area contributed by atoms with Crippen molar-refractivity contribution in [3.8, 4) is 17.2 Å². The van der Waals surface area contributed by atoms with Gasteiger partial charge in [-0.3, -0.25) is 18.7 Å². The van der Waals surface area contributed by atoms with Crippen LogP contribution in [-0.2, 0) is 14.1 Å². The van der Waals surface area contributed by atoms with Crippen LogP contribution in [-0.4, -0.2) is 38.0 Å². The summed E-state index contributed by atoms with van der Waals surface area (Å²) in [6, 6.07) is 7.14. The molecule has 0 saturated carbocycles. The molecule has 3 rings (SSSR count). The molecule has 10 nitrogen and oxygen atoms in total. The summed E-state index contributed by atoms with van der Waals surface area (Å²) in [5.74, 6) is -0.0783. The van der Waals surface area contributed by atoms with Crippen LogP contribution in [0.1, 0.15) is 10.4 Å². The van der Waals surface area contributed by atoms with Gasteiger partial charge in [-0.1, -0.05) is 23.9 Å². The predicted molar refractivity (Wildman–Crippen MR) is 103 cm³/mol. The molecule has 0 fully saturated rings. The van der Waals surface area contributed by atoms with E-state index in [4.69, 9.17) is 14.9 Å². The minimum absolute atomic E-state index is 0.148. The lowest BCUT2D eigenvalue weighted by Crippen LogP contribution is -2.41. The molecule has 0 amide bonds. The van der Waals surface area contributed by atoms with Gasteiger partial charge < -0.3 is 14.9 Å². The molecule has 0 spiro atoms. The first kappa shape index (κ1) is 19.4. The molecule has 1 aromatic carbocycles. The van der Waals surface area contributed by atoms with Gasteiger partial charge in [0, 0.05) is 14.1 Å². The van der Waals surface area contributed by atoms with Crippen LogP contribution in [0.5, 0.6) is 5.75 Å². The fourth-order valence-electron chi connectivity index (χ4n) is 2.52. The highest BCUT2D eigenvalue weighted by Crippen LogP contribution is 2.30. The molecular weight excluding hydrogens is 386 g/mol. The van der Waals surface area contributed by atoms with E-state index in [0.29, 0.717) is 11.3 Å². The second kappa shape index (κ2) is 7.72. The molecule has 0 aliphatic rings. The zero-order valence-electron chi connectivity index (χ0n) is 15.3. The summed E-state index contributed by atoms with van der Waals surface area (Å²) in [6.45, 7) is 0. The van der Waals surface area contributed by atoms with Gasteiger partial charge in [0.1, 0.15) is 17.1 Å². The highest BCUT2D eigenvalue weighted by Gasteiger charge is 2.21. The van der Waals surface area contributed by atoms with Crippen LogP contribution in [0.4, 0.5) is 5.82 Å². The van der Waals surface area contributed by atoms with E-state index < -0.39 is 17.0 Å². The van der Waals surface area contributed by atoms with Crippen molar-refractivity contribution in [3.63, 3.8) is 0 Å². The van der Waals surface area contributed by atoms with Crippen molar-refractivity contribution < 1.29 is 13.9 Å². The Hall–Kier alpha value is -3.34. The van der Waals surface area contributed by atoms with Crippen LogP contribution in [0.15, 0.2) is 43.5 Å². The number of carbonyl (C=O) groups is 1. The van der Waals surface area contributed by atoms with Gasteiger partial charge in [-0.15, -0.1) is 10.2 Å². The molecule has 0 aliphatic carbocycles. The molecule has 3 aromatic rings. The number of Topliss-reactive ketones (excluding diaryl/α,β-unsaturated/α-hetero) is 1. The minimum atomic E-state index is -0.744. The van der Waals surface area contributed by atoms with Crippen LogP contribution in [0.3, 0.4) is 0 Å². The number of nitrogen functional groups attached to an aromatic ring is 1. The molecule has 2 N–H and O–H groups in total. The number of carbonyl (C=O) groups excluding carboxylic acids is 1. The SMILES string of the molecule is COc1ccccc1-c1nnc(SCC(=O)c2c(N)n(C)c(=O)n(C)c2=O)o1. The number of hydrogen-bond acceptors (Lipinski definition) is 9. The number of rotatable bonds is 6. The van der Waals surface area contributed by atoms with E-state index >= 15 is 0 Å². The van der Waals surface area contributed by atoms with Crippen molar-refractivity contribution in [2.45, 2.75) is 5.22 Å². The van der Waals surface area contributed by atoms with Crippen molar-refractivity contribution in [3.05, 3.63) is 50.7 Å². The van der Waals surface area contributed by atoms with Crippen molar-refractivity contribution in [2.75, 3.05) is 18.6 Å². The van der Waals surface area contributed by atoms with E-state index in [1.165, 1.54) is 21.2 Å². The van der Waals surface area contributed by atoms with E-state index in [-0.39, 0.29) is 28.2 Å². The average Bonchev–Trinajstić information content (AvgIpc) is 3.18. The van der Waals surface area contributed by atoms with Gasteiger partial charge in [0.2, 0.25) is 0 Å². The van der Waals surface area contributed by atoms with Crippen LogP contribution in [0, 0.1) is 0 Å². The fraction of sp³-hybridized carbons (Fsp3) is 0.235. The van der Waals surface area contributed by atoms with Gasteiger partial charge in [-0.25, -0.2) is 4.79 Å². The number of ketones is 1. The average molecular weight is 403 g/mol. The molecule has 0 saturated heterocycles. The molecule has 146 valence electrons. The number of para-hydroxylation sites is 1. The number of thioether (sulfide) groups is 1. The molecule has 28 heavy (non-hydrogen) atoms. The first-order valence-corrected chi connectivity index (χ1v) is 9.02. The molecule has 11 heteroatoms. The number of benzene rings is 1. The fourth-order valence-corrected chi connectivity index (χ4v) is 3.16. The van der Waals surface area contributed by atoms with Crippen LogP contribution < -0.4 is 21.7 Å². The Morgan fingerprint density at radius 2 is 1.93 bits per heavy atom. The van der Waals surface area contributed by atoms with Crippen molar-refractivity contribution in [2.24, 2.45) is 14.1 Å². The van der Waals surface area contributed by atoms with E-state index in [0.717, 1.165) is 20.9 Å². The highest BCUT2D eigenvalue weighted by atomic mass is 32.2. The van der Waals surface area contributed by atoms with Gasteiger partial charge >= 0.3 is 5.69 Å². The van der Waals surface area contributed by atoms with Crippen molar-refractivity contribution >= 4 is 23.4 Å². The maximum absolute atomic E-state index is 12.5. The number of nitrogens with two attached hydrogens (primary N) is 1. The van der Waals surface area contributed by atoms with Crippen LogP contribution in [0.25, 0.3) is 11.5 Å². The summed E-state index contributed by atoms with van der Waals surface area (Å²) in [4.78, 5) is 36.6. The maximum Gasteiger partial charge on any atom is 0.332 e. The zero-order valence-corrected chi connectivity index (χ0v) is 16.1. The zero-order chi connectivity index (χ0) is 20.4. The third-order valence-electron chi connectivity index (χ3n) is 4.06. The van der Waals surface area contributed by atoms with Gasteiger partial charge in [0.15, 0.2) is 5.78 Å². The summed E-state index contributed by atoms with van der Waals surface area (Å²) in [7, 11) is 4.20. The first-order valence-electron chi connectivity index (χ1n) is 8.03. The molecular formula is C17H17N5O5S. The Morgan fingerprint density at radius 3 is 2.64 bits per heavy atom. The van der Waals surface area contributed by atoms with E-state index in [9.17, 15) is 14.4 Å². The van der Waals surface area contributed by atoms with Gasteiger partial charge in [0.25, 0.3) is 16.7 Å². The third kappa shape index (κ3) is 3.43. The monoisotopic (exact) mass is 403 g/mol. The van der Waals surface area contributed by atoms with E-state index in [1.807, 2.05) is 6.07 Å².